The summed E-state index contributed by atoms with van der Waals surface area (Å²) < 4.78 is 23.1. The Morgan fingerprint density at radius 3 is 2.29 bits per heavy atom. The van der Waals surface area contributed by atoms with Crippen molar-refractivity contribution in [3.63, 3.8) is 0 Å². The van der Waals surface area contributed by atoms with Gasteiger partial charge in [0.05, 0.1) is 11.4 Å². The minimum atomic E-state index is -3.80. The van der Waals surface area contributed by atoms with Gasteiger partial charge in [-0.3, -0.25) is 0 Å². The predicted octanol–water partition coefficient (Wildman–Crippen LogP) is 0.837. The van der Waals surface area contributed by atoms with Gasteiger partial charge in [-0.25, -0.2) is 13.6 Å². The van der Waals surface area contributed by atoms with Crippen LogP contribution in [0.5, 0.6) is 0 Å². The smallest absolute Gasteiger partial charge is 0.240 e. The van der Waals surface area contributed by atoms with E-state index in [-0.39, 0.29) is 16.1 Å². The third kappa shape index (κ3) is 3.00. The number of hydrogen-bond acceptors (Lipinski definition) is 5. The molecule has 0 atom stereocenters. The Balaban J connectivity index is 2.30. The molecule has 1 fully saturated rings. The van der Waals surface area contributed by atoms with Crippen LogP contribution >= 0.6 is 0 Å². The molecule has 0 aliphatic heterocycles. The number of para-hydroxylation sites is 1. The highest BCUT2D eigenvalue weighted by atomic mass is 32.2. The van der Waals surface area contributed by atoms with E-state index in [4.69, 9.17) is 10.9 Å². The zero-order valence-corrected chi connectivity index (χ0v) is 13.7. The Hall–Kier alpha value is -1.31. The molecule has 6 nitrogen and oxygen atoms in total. The summed E-state index contributed by atoms with van der Waals surface area (Å²) in [5, 5.41) is 5.20. The third-order valence-electron chi connectivity index (χ3n) is 4.53. The molecule has 4 N–H and O–H groups in total. The zero-order chi connectivity index (χ0) is 15.8. The first-order valence-corrected chi connectivity index (χ1v) is 8.52. The van der Waals surface area contributed by atoms with E-state index in [2.05, 4.69) is 19.0 Å². The minimum Gasteiger partial charge on any atom is -0.396 e. The standard InChI is InChI=1S/C14H24N4O2S/c1-17(2)14(8-5-9-14)10-18(3)11-6-4-7-12(13(11)15)21(16,19)20/h4,6-7H,5,8-10,15H2,1-3H3,(H2,16,19,20). The van der Waals surface area contributed by atoms with Crippen molar-refractivity contribution in [2.75, 3.05) is 38.3 Å². The quantitative estimate of drug-likeness (QED) is 0.786. The average Bonchev–Trinajstić information content (AvgIpc) is 2.31. The van der Waals surface area contributed by atoms with Crippen LogP contribution in [0.4, 0.5) is 11.4 Å². The van der Waals surface area contributed by atoms with E-state index in [1.807, 2.05) is 18.0 Å². The molecule has 1 saturated carbocycles. The van der Waals surface area contributed by atoms with Crippen molar-refractivity contribution in [3.8, 4) is 0 Å². The lowest BCUT2D eigenvalue weighted by Crippen LogP contribution is -2.56. The topological polar surface area (TPSA) is 92.7 Å². The van der Waals surface area contributed by atoms with Crippen LogP contribution in [0.25, 0.3) is 0 Å². The first kappa shape index (κ1) is 16.1. The van der Waals surface area contributed by atoms with E-state index in [9.17, 15) is 8.42 Å². The van der Waals surface area contributed by atoms with Crippen LogP contribution in [0.3, 0.4) is 0 Å². The first-order chi connectivity index (χ1) is 9.67. The molecule has 0 bridgehead atoms. The third-order valence-corrected chi connectivity index (χ3v) is 5.49. The summed E-state index contributed by atoms with van der Waals surface area (Å²) in [6, 6.07) is 4.93. The molecule has 1 aliphatic rings. The van der Waals surface area contributed by atoms with Gasteiger partial charge in [0.25, 0.3) is 0 Å². The number of nitrogens with two attached hydrogens (primary N) is 2. The van der Waals surface area contributed by atoms with Crippen molar-refractivity contribution < 1.29 is 8.42 Å². The first-order valence-electron chi connectivity index (χ1n) is 6.97. The molecular weight excluding hydrogens is 288 g/mol. The molecule has 1 aromatic rings. The number of sulfonamides is 1. The number of benzene rings is 1. The van der Waals surface area contributed by atoms with Gasteiger partial charge in [0, 0.05) is 19.1 Å². The Morgan fingerprint density at radius 1 is 1.24 bits per heavy atom. The fraction of sp³-hybridized carbons (Fsp3) is 0.571. The number of likely N-dealkylation sites (N-methyl/N-ethyl adjacent to an activating group) is 2. The van der Waals surface area contributed by atoms with Gasteiger partial charge in [-0.2, -0.15) is 0 Å². The van der Waals surface area contributed by atoms with Crippen molar-refractivity contribution in [1.82, 2.24) is 4.90 Å². The zero-order valence-electron chi connectivity index (χ0n) is 12.8. The number of hydrogen-bond donors (Lipinski definition) is 2. The van der Waals surface area contributed by atoms with Gasteiger partial charge in [-0.1, -0.05) is 6.07 Å². The number of nitrogen functional groups attached to an aromatic ring is 1. The Bertz CT molecular complexity index is 624. The second kappa shape index (κ2) is 5.47. The van der Waals surface area contributed by atoms with Crippen LogP contribution in [0, 0.1) is 0 Å². The molecule has 7 heteroatoms. The van der Waals surface area contributed by atoms with Crippen LogP contribution in [-0.2, 0) is 10.0 Å². The Kier molecular flexibility index (Phi) is 4.19. The molecule has 0 saturated heterocycles. The lowest BCUT2D eigenvalue weighted by atomic mass is 9.75. The van der Waals surface area contributed by atoms with Gasteiger partial charge in [-0.15, -0.1) is 0 Å². The van der Waals surface area contributed by atoms with E-state index in [0.717, 1.165) is 19.4 Å². The summed E-state index contributed by atoms with van der Waals surface area (Å²) in [5.74, 6) is 0. The maximum Gasteiger partial charge on any atom is 0.240 e. The van der Waals surface area contributed by atoms with Crippen molar-refractivity contribution in [3.05, 3.63) is 18.2 Å². The number of anilines is 2. The molecule has 0 unspecified atom stereocenters. The summed E-state index contributed by atoms with van der Waals surface area (Å²) >= 11 is 0. The molecule has 2 rings (SSSR count). The largest absolute Gasteiger partial charge is 0.396 e. The fourth-order valence-electron chi connectivity index (χ4n) is 2.97. The van der Waals surface area contributed by atoms with E-state index >= 15 is 0 Å². The van der Waals surface area contributed by atoms with E-state index in [1.54, 1.807) is 6.07 Å². The van der Waals surface area contributed by atoms with Crippen LogP contribution in [0.15, 0.2) is 23.1 Å². The molecular formula is C14H24N4O2S. The van der Waals surface area contributed by atoms with Crippen LogP contribution < -0.4 is 15.8 Å². The minimum absolute atomic E-state index is 0.0145. The lowest BCUT2D eigenvalue weighted by molar-refractivity contribution is 0.0683. The summed E-state index contributed by atoms with van der Waals surface area (Å²) in [5.41, 5.74) is 7.07. The average molecular weight is 312 g/mol. The van der Waals surface area contributed by atoms with Crippen LogP contribution in [0.1, 0.15) is 19.3 Å². The molecule has 1 aromatic carbocycles. The SMILES string of the molecule is CN(CC1(N(C)C)CCC1)c1cccc(S(N)(=O)=O)c1N. The van der Waals surface area contributed by atoms with Gasteiger partial charge >= 0.3 is 0 Å². The van der Waals surface area contributed by atoms with Gasteiger partial charge in [0.2, 0.25) is 10.0 Å². The molecule has 21 heavy (non-hydrogen) atoms. The highest BCUT2D eigenvalue weighted by Gasteiger charge is 2.40. The second-order valence-electron chi connectivity index (χ2n) is 6.06. The van der Waals surface area contributed by atoms with Gasteiger partial charge in [-0.05, 0) is 45.5 Å². The van der Waals surface area contributed by atoms with Crippen LogP contribution in [0.2, 0.25) is 0 Å². The summed E-state index contributed by atoms with van der Waals surface area (Å²) in [6.45, 7) is 0.804. The highest BCUT2D eigenvalue weighted by molar-refractivity contribution is 7.89. The van der Waals surface area contributed by atoms with Crippen molar-refractivity contribution in [1.29, 1.82) is 0 Å². The monoisotopic (exact) mass is 312 g/mol. The molecule has 0 aromatic heterocycles. The summed E-state index contributed by atoms with van der Waals surface area (Å²) in [6.07, 6.45) is 3.50. The number of rotatable bonds is 5. The fourth-order valence-corrected chi connectivity index (χ4v) is 3.65. The van der Waals surface area contributed by atoms with Gasteiger partial charge in [0.15, 0.2) is 0 Å². The van der Waals surface area contributed by atoms with Gasteiger partial charge < -0.3 is 15.5 Å². The molecule has 0 spiro atoms. The molecule has 1 aliphatic carbocycles. The van der Waals surface area contributed by atoms with Crippen molar-refractivity contribution in [2.24, 2.45) is 5.14 Å². The van der Waals surface area contributed by atoms with Crippen molar-refractivity contribution in [2.45, 2.75) is 29.7 Å². The molecule has 0 heterocycles. The Morgan fingerprint density at radius 2 is 1.86 bits per heavy atom. The number of nitrogens with zero attached hydrogens (tertiary/aromatic N) is 2. The highest BCUT2D eigenvalue weighted by Crippen LogP contribution is 2.38. The summed E-state index contributed by atoms with van der Waals surface area (Å²) in [7, 11) is 2.29. The van der Waals surface area contributed by atoms with Gasteiger partial charge in [0.1, 0.15) is 4.90 Å². The normalized spacial score (nSPS) is 17.6. The maximum atomic E-state index is 11.6. The molecule has 118 valence electrons. The lowest BCUT2D eigenvalue weighted by Gasteiger charge is -2.49. The molecule has 0 amide bonds. The van der Waals surface area contributed by atoms with E-state index in [1.165, 1.54) is 12.5 Å². The number of primary sulfonamides is 1. The van der Waals surface area contributed by atoms with Crippen molar-refractivity contribution >= 4 is 21.4 Å². The Labute approximate surface area is 126 Å². The van der Waals surface area contributed by atoms with E-state index < -0.39 is 10.0 Å². The molecule has 0 radical (unpaired) electrons. The van der Waals surface area contributed by atoms with E-state index in [0.29, 0.717) is 5.69 Å². The summed E-state index contributed by atoms with van der Waals surface area (Å²) in [4.78, 5) is 4.25. The predicted molar refractivity (Wildman–Crippen MR) is 85.8 cm³/mol. The van der Waals surface area contributed by atoms with Crippen LogP contribution in [-0.4, -0.2) is 46.5 Å². The maximum absolute atomic E-state index is 11.6. The second-order valence-corrected chi connectivity index (χ2v) is 7.59.